The molecule has 0 radical (unpaired) electrons. The number of aliphatic carboxylic acids is 1. The number of rotatable bonds is 4. The number of alkyl halides is 2. The molecule has 1 saturated heterocycles. The van der Waals surface area contributed by atoms with Crippen molar-refractivity contribution in [3.63, 3.8) is 0 Å². The highest BCUT2D eigenvalue weighted by molar-refractivity contribution is 6.02. The Kier molecular flexibility index (Phi) is 4.62. The zero-order valence-corrected chi connectivity index (χ0v) is 13.9. The molecule has 3 rings (SSSR count). The molecule has 26 heavy (non-hydrogen) atoms. The minimum atomic E-state index is -2.97. The van der Waals surface area contributed by atoms with E-state index < -0.39 is 24.0 Å². The Balaban J connectivity index is 1.83. The molecule has 1 aliphatic heterocycles. The van der Waals surface area contributed by atoms with Crippen molar-refractivity contribution in [2.75, 3.05) is 18.4 Å². The number of ether oxygens (including phenoxy) is 1. The van der Waals surface area contributed by atoms with E-state index >= 15 is 0 Å². The molecule has 1 unspecified atom stereocenters. The van der Waals surface area contributed by atoms with E-state index in [1.165, 1.54) is 23.2 Å². The first-order valence-corrected chi connectivity index (χ1v) is 7.92. The van der Waals surface area contributed by atoms with Gasteiger partial charge in [0.1, 0.15) is 5.75 Å². The highest BCUT2D eigenvalue weighted by Gasteiger charge is 2.42. The summed E-state index contributed by atoms with van der Waals surface area (Å²) in [6.07, 6.45) is 1.83. The van der Waals surface area contributed by atoms with E-state index in [0.717, 1.165) is 0 Å². The summed E-state index contributed by atoms with van der Waals surface area (Å²) in [5.74, 6) is -0.992. The summed E-state index contributed by atoms with van der Waals surface area (Å²) in [5.41, 5.74) is -0.345. The molecular weight excluding hydrogens is 348 g/mol. The van der Waals surface area contributed by atoms with Crippen LogP contribution in [0.15, 0.2) is 30.5 Å². The summed E-state index contributed by atoms with van der Waals surface area (Å²) in [6, 6.07) is 5.43. The molecule has 2 heterocycles. The molecule has 0 aliphatic carbocycles. The van der Waals surface area contributed by atoms with E-state index in [9.17, 15) is 23.5 Å². The lowest BCUT2D eigenvalue weighted by molar-refractivity contribution is -0.146. The molecule has 138 valence electrons. The number of carbonyl (C=O) groups excluding carboxylic acids is 1. The van der Waals surface area contributed by atoms with Crippen LogP contribution in [0.2, 0.25) is 0 Å². The molecule has 2 aromatic rings. The van der Waals surface area contributed by atoms with Crippen LogP contribution in [0.4, 0.5) is 19.3 Å². The maximum atomic E-state index is 12.5. The maximum absolute atomic E-state index is 12.5. The summed E-state index contributed by atoms with van der Waals surface area (Å²) < 4.78 is 29.5. The molecule has 2 amide bonds. The van der Waals surface area contributed by atoms with E-state index in [0.29, 0.717) is 29.6 Å². The molecule has 1 aromatic carbocycles. The number of anilines is 1. The van der Waals surface area contributed by atoms with Crippen LogP contribution >= 0.6 is 0 Å². The first kappa shape index (κ1) is 17.8. The predicted octanol–water partition coefficient (Wildman–Crippen LogP) is 3.16. The number of nitrogens with one attached hydrogen (secondary N) is 1. The van der Waals surface area contributed by atoms with Crippen molar-refractivity contribution in [2.24, 2.45) is 5.41 Å². The van der Waals surface area contributed by atoms with Gasteiger partial charge in [0.05, 0.1) is 16.6 Å². The SMILES string of the molecule is CC1(C(=O)O)CCN(C(=O)Nc2ccc(OC(F)F)c3cccnc23)C1. The first-order valence-electron chi connectivity index (χ1n) is 7.92. The van der Waals surface area contributed by atoms with Crippen LogP contribution in [0.25, 0.3) is 10.9 Å². The van der Waals surface area contributed by atoms with Crippen molar-refractivity contribution in [1.29, 1.82) is 0 Å². The lowest BCUT2D eigenvalue weighted by atomic mass is 9.90. The topological polar surface area (TPSA) is 91.8 Å². The van der Waals surface area contributed by atoms with Gasteiger partial charge in [-0.2, -0.15) is 8.78 Å². The van der Waals surface area contributed by atoms with Crippen LogP contribution in [0, 0.1) is 5.41 Å². The smallest absolute Gasteiger partial charge is 0.387 e. The third kappa shape index (κ3) is 3.37. The molecular formula is C17H17F2N3O4. The number of aromatic nitrogens is 1. The second-order valence-electron chi connectivity index (χ2n) is 6.36. The molecule has 9 heteroatoms. The number of pyridine rings is 1. The van der Waals surface area contributed by atoms with E-state index in [-0.39, 0.29) is 12.3 Å². The summed E-state index contributed by atoms with van der Waals surface area (Å²) in [7, 11) is 0. The molecule has 1 atom stereocenters. The van der Waals surface area contributed by atoms with E-state index in [2.05, 4.69) is 15.0 Å². The van der Waals surface area contributed by atoms with Crippen molar-refractivity contribution in [1.82, 2.24) is 9.88 Å². The van der Waals surface area contributed by atoms with Crippen molar-refractivity contribution in [3.05, 3.63) is 30.5 Å². The number of carboxylic acid groups (broad SMARTS) is 1. The fourth-order valence-corrected chi connectivity index (χ4v) is 2.95. The fourth-order valence-electron chi connectivity index (χ4n) is 2.95. The van der Waals surface area contributed by atoms with Crippen LogP contribution in [-0.4, -0.2) is 46.7 Å². The molecule has 0 bridgehead atoms. The number of likely N-dealkylation sites (tertiary alicyclic amines) is 1. The molecule has 0 spiro atoms. The van der Waals surface area contributed by atoms with E-state index in [1.54, 1.807) is 19.1 Å². The van der Waals surface area contributed by atoms with Crippen molar-refractivity contribution in [2.45, 2.75) is 20.0 Å². The Morgan fingerprint density at radius 2 is 2.15 bits per heavy atom. The van der Waals surface area contributed by atoms with Gasteiger partial charge in [0.25, 0.3) is 0 Å². The van der Waals surface area contributed by atoms with Crippen molar-refractivity contribution < 1.29 is 28.2 Å². The molecule has 1 aromatic heterocycles. The Labute approximate surface area is 147 Å². The highest BCUT2D eigenvalue weighted by atomic mass is 19.3. The number of hydrogen-bond acceptors (Lipinski definition) is 4. The third-order valence-electron chi connectivity index (χ3n) is 4.46. The van der Waals surface area contributed by atoms with Crippen LogP contribution in [0.5, 0.6) is 5.75 Å². The third-order valence-corrected chi connectivity index (χ3v) is 4.46. The first-order chi connectivity index (χ1) is 12.3. The Morgan fingerprint density at radius 3 is 2.81 bits per heavy atom. The van der Waals surface area contributed by atoms with Gasteiger partial charge < -0.3 is 20.1 Å². The average molecular weight is 365 g/mol. The summed E-state index contributed by atoms with van der Waals surface area (Å²) in [6.45, 7) is -0.980. The lowest BCUT2D eigenvalue weighted by Gasteiger charge is -2.21. The number of fused-ring (bicyclic) bond motifs is 1. The van der Waals surface area contributed by atoms with Gasteiger partial charge in [-0.1, -0.05) is 0 Å². The second-order valence-corrected chi connectivity index (χ2v) is 6.36. The summed E-state index contributed by atoms with van der Waals surface area (Å²) in [4.78, 5) is 29.3. The number of hydrogen-bond donors (Lipinski definition) is 2. The quantitative estimate of drug-likeness (QED) is 0.868. The normalized spacial score (nSPS) is 19.8. The second kappa shape index (κ2) is 6.74. The lowest BCUT2D eigenvalue weighted by Crippen LogP contribution is -2.37. The van der Waals surface area contributed by atoms with Crippen LogP contribution in [0.1, 0.15) is 13.3 Å². The van der Waals surface area contributed by atoms with Gasteiger partial charge in [0, 0.05) is 24.7 Å². The van der Waals surface area contributed by atoms with Crippen molar-refractivity contribution >= 4 is 28.6 Å². The zero-order valence-electron chi connectivity index (χ0n) is 13.9. The van der Waals surface area contributed by atoms with Crippen LogP contribution < -0.4 is 10.1 Å². The van der Waals surface area contributed by atoms with E-state index in [4.69, 9.17) is 0 Å². The Bertz CT molecular complexity index is 861. The molecule has 1 aliphatic rings. The van der Waals surface area contributed by atoms with E-state index in [1.807, 2.05) is 0 Å². The molecule has 2 N–H and O–H groups in total. The number of benzene rings is 1. The molecule has 1 fully saturated rings. The standard InChI is InChI=1S/C17H17F2N3O4/c1-17(14(23)24)6-8-22(9-17)16(25)21-11-4-5-12(26-15(18)19)10-3-2-7-20-13(10)11/h2-5,7,15H,6,8-9H2,1H3,(H,21,25)(H,23,24). The van der Waals surface area contributed by atoms with Gasteiger partial charge in [-0.3, -0.25) is 9.78 Å². The van der Waals surface area contributed by atoms with Crippen LogP contribution in [-0.2, 0) is 4.79 Å². The number of carbonyl (C=O) groups is 2. The highest BCUT2D eigenvalue weighted by Crippen LogP contribution is 2.33. The average Bonchev–Trinajstić information content (AvgIpc) is 3.01. The Morgan fingerprint density at radius 1 is 1.38 bits per heavy atom. The Hall–Kier alpha value is -2.97. The number of halogens is 2. The van der Waals surface area contributed by atoms with Gasteiger partial charge in [-0.15, -0.1) is 0 Å². The maximum Gasteiger partial charge on any atom is 0.387 e. The van der Waals surface area contributed by atoms with Crippen LogP contribution in [0.3, 0.4) is 0 Å². The predicted molar refractivity (Wildman–Crippen MR) is 89.3 cm³/mol. The largest absolute Gasteiger partial charge is 0.481 e. The molecule has 0 saturated carbocycles. The van der Waals surface area contributed by atoms with Gasteiger partial charge in [0.15, 0.2) is 0 Å². The monoisotopic (exact) mass is 365 g/mol. The van der Waals surface area contributed by atoms with Gasteiger partial charge in [-0.05, 0) is 37.6 Å². The summed E-state index contributed by atoms with van der Waals surface area (Å²) >= 11 is 0. The number of carboxylic acids is 1. The minimum Gasteiger partial charge on any atom is -0.481 e. The molecule has 7 nitrogen and oxygen atoms in total. The van der Waals surface area contributed by atoms with Crippen molar-refractivity contribution in [3.8, 4) is 5.75 Å². The number of urea groups is 1. The van der Waals surface area contributed by atoms with Gasteiger partial charge in [0.2, 0.25) is 0 Å². The summed E-state index contributed by atoms with van der Waals surface area (Å²) in [5, 5.41) is 12.3. The fraction of sp³-hybridized carbons (Fsp3) is 0.353. The van der Waals surface area contributed by atoms with Gasteiger partial charge >= 0.3 is 18.6 Å². The number of nitrogens with zero attached hydrogens (tertiary/aromatic N) is 2. The minimum absolute atomic E-state index is 0.0410. The van der Waals surface area contributed by atoms with Gasteiger partial charge in [-0.25, -0.2) is 4.79 Å². The number of amides is 2. The zero-order chi connectivity index (χ0) is 18.9.